The van der Waals surface area contributed by atoms with Gasteiger partial charge in [-0.15, -0.1) is 0 Å². The molecule has 2 aliphatic rings. The van der Waals surface area contributed by atoms with Crippen LogP contribution in [-0.4, -0.2) is 48.9 Å². The molecular formula is C13H20N2O4. The highest BCUT2D eigenvalue weighted by Crippen LogP contribution is 2.23. The first-order valence-corrected chi connectivity index (χ1v) is 6.78. The van der Waals surface area contributed by atoms with E-state index in [2.05, 4.69) is 5.32 Å². The van der Waals surface area contributed by atoms with Crippen molar-refractivity contribution in [3.05, 3.63) is 0 Å². The van der Waals surface area contributed by atoms with Crippen LogP contribution >= 0.6 is 0 Å². The van der Waals surface area contributed by atoms with E-state index in [0.717, 1.165) is 12.8 Å². The van der Waals surface area contributed by atoms with Crippen LogP contribution < -0.4 is 5.32 Å². The summed E-state index contributed by atoms with van der Waals surface area (Å²) in [7, 11) is 1.35. The topological polar surface area (TPSA) is 75.7 Å². The van der Waals surface area contributed by atoms with Crippen LogP contribution in [0.2, 0.25) is 0 Å². The fourth-order valence-corrected chi connectivity index (χ4v) is 2.75. The van der Waals surface area contributed by atoms with E-state index in [9.17, 15) is 14.4 Å². The molecule has 2 amide bonds. The molecule has 0 saturated carbocycles. The summed E-state index contributed by atoms with van der Waals surface area (Å²) in [6.07, 6.45) is 3.46. The SMILES string of the molecule is COC(=O)C1CCCCN1C(=O)C1CCC(=O)NC1. The maximum atomic E-state index is 12.5. The van der Waals surface area contributed by atoms with Crippen LogP contribution in [0.1, 0.15) is 32.1 Å². The zero-order chi connectivity index (χ0) is 13.8. The first-order chi connectivity index (χ1) is 9.13. The molecule has 2 atom stereocenters. The number of hydrogen-bond acceptors (Lipinski definition) is 4. The van der Waals surface area contributed by atoms with E-state index in [4.69, 9.17) is 4.74 Å². The molecule has 2 saturated heterocycles. The third-order valence-corrected chi connectivity index (χ3v) is 3.87. The Labute approximate surface area is 112 Å². The Morgan fingerprint density at radius 2 is 2.11 bits per heavy atom. The Morgan fingerprint density at radius 1 is 1.32 bits per heavy atom. The lowest BCUT2D eigenvalue weighted by atomic mass is 9.94. The maximum Gasteiger partial charge on any atom is 0.328 e. The molecule has 2 heterocycles. The molecule has 19 heavy (non-hydrogen) atoms. The van der Waals surface area contributed by atoms with E-state index in [0.29, 0.717) is 32.4 Å². The lowest BCUT2D eigenvalue weighted by Crippen LogP contribution is -2.53. The van der Waals surface area contributed by atoms with Gasteiger partial charge in [-0.1, -0.05) is 0 Å². The van der Waals surface area contributed by atoms with Crippen LogP contribution in [0.5, 0.6) is 0 Å². The molecule has 0 spiro atoms. The molecule has 0 radical (unpaired) electrons. The fourth-order valence-electron chi connectivity index (χ4n) is 2.75. The molecule has 0 aromatic heterocycles. The molecule has 2 aliphatic heterocycles. The van der Waals surface area contributed by atoms with E-state index < -0.39 is 6.04 Å². The minimum absolute atomic E-state index is 0.00721. The van der Waals surface area contributed by atoms with Gasteiger partial charge in [0, 0.05) is 19.5 Å². The highest BCUT2D eigenvalue weighted by atomic mass is 16.5. The van der Waals surface area contributed by atoms with E-state index in [1.165, 1.54) is 7.11 Å². The Morgan fingerprint density at radius 3 is 2.74 bits per heavy atom. The van der Waals surface area contributed by atoms with Gasteiger partial charge in [0.15, 0.2) is 0 Å². The van der Waals surface area contributed by atoms with Gasteiger partial charge >= 0.3 is 5.97 Å². The molecule has 1 N–H and O–H groups in total. The van der Waals surface area contributed by atoms with Crippen molar-refractivity contribution >= 4 is 17.8 Å². The number of piperidine rings is 2. The molecule has 2 unspecified atom stereocenters. The normalized spacial score (nSPS) is 27.6. The second kappa shape index (κ2) is 6.04. The summed E-state index contributed by atoms with van der Waals surface area (Å²) >= 11 is 0. The Kier molecular flexibility index (Phi) is 4.39. The van der Waals surface area contributed by atoms with E-state index in [1.54, 1.807) is 4.90 Å². The van der Waals surface area contributed by atoms with Gasteiger partial charge < -0.3 is 15.0 Å². The van der Waals surface area contributed by atoms with Gasteiger partial charge in [0.2, 0.25) is 11.8 Å². The Hall–Kier alpha value is -1.59. The largest absolute Gasteiger partial charge is 0.467 e. The minimum Gasteiger partial charge on any atom is -0.467 e. The van der Waals surface area contributed by atoms with Crippen molar-refractivity contribution in [3.8, 4) is 0 Å². The zero-order valence-electron chi connectivity index (χ0n) is 11.2. The third kappa shape index (κ3) is 3.05. The van der Waals surface area contributed by atoms with Crippen molar-refractivity contribution < 1.29 is 19.1 Å². The number of hydrogen-bond donors (Lipinski definition) is 1. The number of carbonyl (C=O) groups is 3. The summed E-state index contributed by atoms with van der Waals surface area (Å²) in [6.45, 7) is 0.977. The summed E-state index contributed by atoms with van der Waals surface area (Å²) in [5, 5.41) is 2.71. The highest BCUT2D eigenvalue weighted by molar-refractivity contribution is 5.88. The van der Waals surface area contributed by atoms with Crippen molar-refractivity contribution in [3.63, 3.8) is 0 Å². The third-order valence-electron chi connectivity index (χ3n) is 3.87. The lowest BCUT2D eigenvalue weighted by Gasteiger charge is -2.36. The van der Waals surface area contributed by atoms with Crippen molar-refractivity contribution in [2.45, 2.75) is 38.1 Å². The van der Waals surface area contributed by atoms with Crippen LogP contribution in [0.3, 0.4) is 0 Å². The monoisotopic (exact) mass is 268 g/mol. The highest BCUT2D eigenvalue weighted by Gasteiger charge is 2.37. The first kappa shape index (κ1) is 13.8. The number of amides is 2. The number of nitrogens with one attached hydrogen (secondary N) is 1. The number of likely N-dealkylation sites (tertiary alicyclic amines) is 1. The molecule has 0 aromatic rings. The summed E-state index contributed by atoms with van der Waals surface area (Å²) in [6, 6.07) is -0.455. The van der Waals surface area contributed by atoms with Gasteiger partial charge in [-0.25, -0.2) is 4.79 Å². The number of ether oxygens (including phenoxy) is 1. The summed E-state index contributed by atoms with van der Waals surface area (Å²) in [5.41, 5.74) is 0. The van der Waals surface area contributed by atoms with Crippen LogP contribution in [0.4, 0.5) is 0 Å². The first-order valence-electron chi connectivity index (χ1n) is 6.78. The van der Waals surface area contributed by atoms with Gasteiger partial charge in [-0.2, -0.15) is 0 Å². The quantitative estimate of drug-likeness (QED) is 0.719. The molecule has 6 heteroatoms. The molecule has 2 fully saturated rings. The smallest absolute Gasteiger partial charge is 0.328 e. The number of carbonyl (C=O) groups excluding carboxylic acids is 3. The Balaban J connectivity index is 2.03. The summed E-state index contributed by atoms with van der Waals surface area (Å²) in [4.78, 5) is 36.9. The molecule has 0 aromatic carbocycles. The van der Waals surface area contributed by atoms with Crippen LogP contribution in [0, 0.1) is 5.92 Å². The van der Waals surface area contributed by atoms with Crippen LogP contribution in [0.25, 0.3) is 0 Å². The Bertz CT molecular complexity index is 373. The van der Waals surface area contributed by atoms with Crippen molar-refractivity contribution in [2.75, 3.05) is 20.2 Å². The average Bonchev–Trinajstić information content (AvgIpc) is 2.46. The van der Waals surface area contributed by atoms with Gasteiger partial charge in [-0.3, -0.25) is 9.59 Å². The molecule has 6 nitrogen and oxygen atoms in total. The zero-order valence-corrected chi connectivity index (χ0v) is 11.2. The van der Waals surface area contributed by atoms with E-state index >= 15 is 0 Å². The number of rotatable bonds is 2. The summed E-state index contributed by atoms with van der Waals surface area (Å²) < 4.78 is 4.77. The standard InChI is InChI=1S/C13H20N2O4/c1-19-13(18)10-4-2-3-7-15(10)12(17)9-5-6-11(16)14-8-9/h9-10H,2-8H2,1H3,(H,14,16). The molecule has 106 valence electrons. The number of esters is 1. The van der Waals surface area contributed by atoms with Crippen LogP contribution in [0.15, 0.2) is 0 Å². The number of methoxy groups -OCH3 is 1. The maximum absolute atomic E-state index is 12.5. The minimum atomic E-state index is -0.455. The van der Waals surface area contributed by atoms with Gasteiger partial charge in [0.1, 0.15) is 6.04 Å². The van der Waals surface area contributed by atoms with Crippen molar-refractivity contribution in [1.29, 1.82) is 0 Å². The predicted octanol–water partition coefficient (Wildman–Crippen LogP) is 0.0667. The van der Waals surface area contributed by atoms with E-state index in [-0.39, 0.29) is 23.7 Å². The van der Waals surface area contributed by atoms with Gasteiger partial charge in [0.05, 0.1) is 13.0 Å². The average molecular weight is 268 g/mol. The fraction of sp³-hybridized carbons (Fsp3) is 0.769. The summed E-state index contributed by atoms with van der Waals surface area (Å²) in [5.74, 6) is -0.585. The predicted molar refractivity (Wildman–Crippen MR) is 67.1 cm³/mol. The van der Waals surface area contributed by atoms with Crippen LogP contribution in [-0.2, 0) is 19.1 Å². The van der Waals surface area contributed by atoms with Gasteiger partial charge in [-0.05, 0) is 25.7 Å². The van der Waals surface area contributed by atoms with E-state index in [1.807, 2.05) is 0 Å². The second-order valence-corrected chi connectivity index (χ2v) is 5.11. The van der Waals surface area contributed by atoms with Crippen molar-refractivity contribution in [2.24, 2.45) is 5.92 Å². The number of nitrogens with zero attached hydrogens (tertiary/aromatic N) is 1. The molecular weight excluding hydrogens is 248 g/mol. The molecule has 0 bridgehead atoms. The lowest BCUT2D eigenvalue weighted by molar-refractivity contribution is -0.156. The van der Waals surface area contributed by atoms with Gasteiger partial charge in [0.25, 0.3) is 0 Å². The second-order valence-electron chi connectivity index (χ2n) is 5.11. The molecule has 2 rings (SSSR count). The molecule has 0 aliphatic carbocycles. The van der Waals surface area contributed by atoms with Crippen molar-refractivity contribution in [1.82, 2.24) is 10.2 Å².